The molecule has 0 fully saturated rings. The van der Waals surface area contributed by atoms with Crippen molar-refractivity contribution in [3.05, 3.63) is 42.0 Å². The standard InChI is InChI=1S/C14H19NO2/c1-14(2,3)13(16)17-12(15)10-9-11-7-5-4-6-8-11/h4-10,12H,15H2,1-3H3/b10-9+/t12-/m0/s1. The van der Waals surface area contributed by atoms with E-state index in [1.165, 1.54) is 0 Å². The number of hydrogen-bond donors (Lipinski definition) is 1. The van der Waals surface area contributed by atoms with E-state index in [0.717, 1.165) is 5.56 Å². The predicted octanol–water partition coefficient (Wildman–Crippen LogP) is 2.57. The van der Waals surface area contributed by atoms with E-state index in [4.69, 9.17) is 10.5 Å². The van der Waals surface area contributed by atoms with Crippen molar-refractivity contribution in [1.82, 2.24) is 0 Å². The maximum absolute atomic E-state index is 11.6. The summed E-state index contributed by atoms with van der Waals surface area (Å²) in [6.45, 7) is 5.38. The molecule has 1 aromatic carbocycles. The van der Waals surface area contributed by atoms with Crippen LogP contribution in [0.2, 0.25) is 0 Å². The van der Waals surface area contributed by atoms with Crippen LogP contribution in [0.15, 0.2) is 36.4 Å². The number of hydrogen-bond acceptors (Lipinski definition) is 3. The molecule has 0 bridgehead atoms. The van der Waals surface area contributed by atoms with E-state index in [1.54, 1.807) is 26.8 Å². The summed E-state index contributed by atoms with van der Waals surface area (Å²) in [5.41, 5.74) is 6.18. The largest absolute Gasteiger partial charge is 0.443 e. The van der Waals surface area contributed by atoms with Gasteiger partial charge < -0.3 is 4.74 Å². The Morgan fingerprint density at radius 1 is 1.29 bits per heavy atom. The van der Waals surface area contributed by atoms with Gasteiger partial charge in [0, 0.05) is 0 Å². The van der Waals surface area contributed by atoms with E-state index in [1.807, 2.05) is 36.4 Å². The van der Waals surface area contributed by atoms with E-state index in [2.05, 4.69) is 0 Å². The summed E-state index contributed by atoms with van der Waals surface area (Å²) in [4.78, 5) is 11.6. The van der Waals surface area contributed by atoms with Crippen molar-refractivity contribution in [3.63, 3.8) is 0 Å². The lowest BCUT2D eigenvalue weighted by Gasteiger charge is -2.18. The third-order valence-corrected chi connectivity index (χ3v) is 2.13. The Morgan fingerprint density at radius 2 is 1.88 bits per heavy atom. The number of carbonyl (C=O) groups excluding carboxylic acids is 1. The lowest BCUT2D eigenvalue weighted by molar-refractivity contribution is -0.156. The molecule has 92 valence electrons. The normalized spacial score (nSPS) is 13.6. The smallest absolute Gasteiger partial charge is 0.313 e. The van der Waals surface area contributed by atoms with Gasteiger partial charge in [0.15, 0.2) is 6.23 Å². The molecule has 1 aromatic rings. The molecule has 0 aliphatic rings. The van der Waals surface area contributed by atoms with Gasteiger partial charge in [-0.05, 0) is 32.4 Å². The van der Waals surface area contributed by atoms with Crippen LogP contribution in [-0.4, -0.2) is 12.2 Å². The van der Waals surface area contributed by atoms with Gasteiger partial charge in [0.2, 0.25) is 0 Å². The molecule has 0 radical (unpaired) electrons. The summed E-state index contributed by atoms with van der Waals surface area (Å²) in [6, 6.07) is 9.72. The molecule has 1 atom stereocenters. The Labute approximate surface area is 102 Å². The molecule has 0 heterocycles. The third kappa shape index (κ3) is 4.83. The Hall–Kier alpha value is -1.61. The van der Waals surface area contributed by atoms with Crippen LogP contribution in [0.5, 0.6) is 0 Å². The number of benzene rings is 1. The minimum atomic E-state index is -0.707. The van der Waals surface area contributed by atoms with E-state index >= 15 is 0 Å². The molecular weight excluding hydrogens is 214 g/mol. The molecule has 0 saturated heterocycles. The summed E-state index contributed by atoms with van der Waals surface area (Å²) in [5, 5.41) is 0. The summed E-state index contributed by atoms with van der Waals surface area (Å²) in [5.74, 6) is -0.303. The van der Waals surface area contributed by atoms with Crippen LogP contribution >= 0.6 is 0 Å². The summed E-state index contributed by atoms with van der Waals surface area (Å²) >= 11 is 0. The molecule has 0 amide bonds. The molecule has 0 spiro atoms. The topological polar surface area (TPSA) is 52.3 Å². The van der Waals surface area contributed by atoms with E-state index < -0.39 is 11.6 Å². The van der Waals surface area contributed by atoms with Crippen molar-refractivity contribution < 1.29 is 9.53 Å². The molecule has 0 saturated carbocycles. The van der Waals surface area contributed by atoms with Gasteiger partial charge in [-0.25, -0.2) is 0 Å². The summed E-state index contributed by atoms with van der Waals surface area (Å²) < 4.78 is 5.09. The Morgan fingerprint density at radius 3 is 2.41 bits per heavy atom. The van der Waals surface area contributed by atoms with Crippen molar-refractivity contribution in [1.29, 1.82) is 0 Å². The fraction of sp³-hybridized carbons (Fsp3) is 0.357. The second-order valence-corrected chi connectivity index (χ2v) is 4.89. The van der Waals surface area contributed by atoms with Crippen molar-refractivity contribution in [2.75, 3.05) is 0 Å². The molecule has 17 heavy (non-hydrogen) atoms. The minimum Gasteiger partial charge on any atom is -0.443 e. The van der Waals surface area contributed by atoms with Crippen LogP contribution < -0.4 is 5.73 Å². The average Bonchev–Trinajstić information content (AvgIpc) is 2.26. The summed E-state index contributed by atoms with van der Waals surface area (Å²) in [6.07, 6.45) is 2.79. The molecule has 0 aliphatic carbocycles. The molecule has 0 unspecified atom stereocenters. The molecule has 3 heteroatoms. The van der Waals surface area contributed by atoms with E-state index in [9.17, 15) is 4.79 Å². The zero-order chi connectivity index (χ0) is 12.9. The Balaban J connectivity index is 2.53. The van der Waals surface area contributed by atoms with Crippen molar-refractivity contribution in [2.24, 2.45) is 11.1 Å². The number of rotatable bonds is 3. The maximum Gasteiger partial charge on any atom is 0.313 e. The van der Waals surface area contributed by atoms with Gasteiger partial charge >= 0.3 is 5.97 Å². The van der Waals surface area contributed by atoms with Gasteiger partial charge in [-0.15, -0.1) is 0 Å². The quantitative estimate of drug-likeness (QED) is 0.645. The monoisotopic (exact) mass is 233 g/mol. The van der Waals surface area contributed by atoms with Gasteiger partial charge in [-0.1, -0.05) is 36.4 Å². The first-order valence-electron chi connectivity index (χ1n) is 5.59. The first kappa shape index (κ1) is 13.5. The fourth-order valence-corrected chi connectivity index (χ4v) is 1.11. The van der Waals surface area contributed by atoms with Crippen molar-refractivity contribution in [2.45, 2.75) is 27.0 Å². The zero-order valence-electron chi connectivity index (χ0n) is 10.5. The van der Waals surface area contributed by atoms with Crippen LogP contribution in [0.4, 0.5) is 0 Å². The van der Waals surface area contributed by atoms with Gasteiger partial charge in [-0.3, -0.25) is 10.5 Å². The van der Waals surface area contributed by atoms with Crippen molar-refractivity contribution >= 4 is 12.0 Å². The van der Waals surface area contributed by atoms with Crippen LogP contribution in [0.3, 0.4) is 0 Å². The van der Waals surface area contributed by atoms with Gasteiger partial charge in [0.25, 0.3) is 0 Å². The number of nitrogens with two attached hydrogens (primary N) is 1. The predicted molar refractivity (Wildman–Crippen MR) is 69.0 cm³/mol. The van der Waals surface area contributed by atoms with Crippen LogP contribution in [-0.2, 0) is 9.53 Å². The van der Waals surface area contributed by atoms with Crippen LogP contribution in [0.25, 0.3) is 6.08 Å². The fourth-order valence-electron chi connectivity index (χ4n) is 1.11. The first-order chi connectivity index (χ1) is 7.89. The Kier molecular flexibility index (Phi) is 4.46. The number of esters is 1. The van der Waals surface area contributed by atoms with Gasteiger partial charge in [0.05, 0.1) is 5.41 Å². The third-order valence-electron chi connectivity index (χ3n) is 2.13. The van der Waals surface area contributed by atoms with Crippen molar-refractivity contribution in [3.8, 4) is 0 Å². The van der Waals surface area contributed by atoms with Crippen LogP contribution in [0.1, 0.15) is 26.3 Å². The van der Waals surface area contributed by atoms with Gasteiger partial charge in [0.1, 0.15) is 0 Å². The van der Waals surface area contributed by atoms with E-state index in [0.29, 0.717) is 0 Å². The minimum absolute atomic E-state index is 0.303. The van der Waals surface area contributed by atoms with E-state index in [-0.39, 0.29) is 5.97 Å². The number of carbonyl (C=O) groups is 1. The molecular formula is C14H19NO2. The lowest BCUT2D eigenvalue weighted by atomic mass is 9.97. The highest BCUT2D eigenvalue weighted by molar-refractivity contribution is 5.75. The van der Waals surface area contributed by atoms with Crippen LogP contribution in [0, 0.1) is 5.41 Å². The highest BCUT2D eigenvalue weighted by atomic mass is 16.6. The molecule has 2 N–H and O–H groups in total. The SMILES string of the molecule is CC(C)(C)C(=O)O[C@H](N)/C=C/c1ccccc1. The number of ether oxygens (including phenoxy) is 1. The average molecular weight is 233 g/mol. The van der Waals surface area contributed by atoms with Gasteiger partial charge in [-0.2, -0.15) is 0 Å². The second kappa shape index (κ2) is 5.64. The lowest BCUT2D eigenvalue weighted by Crippen LogP contribution is -2.31. The summed E-state index contributed by atoms with van der Waals surface area (Å²) in [7, 11) is 0. The highest BCUT2D eigenvalue weighted by Gasteiger charge is 2.24. The first-order valence-corrected chi connectivity index (χ1v) is 5.59. The Bertz CT molecular complexity index is 390. The highest BCUT2D eigenvalue weighted by Crippen LogP contribution is 2.15. The zero-order valence-corrected chi connectivity index (χ0v) is 10.5. The molecule has 1 rings (SSSR count). The maximum atomic E-state index is 11.6. The molecule has 3 nitrogen and oxygen atoms in total. The molecule has 0 aliphatic heterocycles. The molecule has 0 aromatic heterocycles. The second-order valence-electron chi connectivity index (χ2n) is 4.89.